The van der Waals surface area contributed by atoms with E-state index in [9.17, 15) is 10.2 Å². The van der Waals surface area contributed by atoms with Crippen molar-refractivity contribution < 1.29 is 24.4 Å². The van der Waals surface area contributed by atoms with Gasteiger partial charge < -0.3 is 29.0 Å². The molecule has 2 aromatic carbocycles. The van der Waals surface area contributed by atoms with E-state index in [4.69, 9.17) is 25.8 Å². The molecule has 2 heterocycles. The lowest BCUT2D eigenvalue weighted by molar-refractivity contribution is -0.140. The van der Waals surface area contributed by atoms with Gasteiger partial charge in [0, 0.05) is 43.5 Å². The first-order chi connectivity index (χ1) is 18.2. The van der Waals surface area contributed by atoms with Gasteiger partial charge in [0.2, 0.25) is 0 Å². The molecular formula is C29H38ClN3O5. The van der Waals surface area contributed by atoms with Gasteiger partial charge in [0.15, 0.2) is 11.5 Å². The van der Waals surface area contributed by atoms with Crippen LogP contribution in [0.2, 0.25) is 5.02 Å². The van der Waals surface area contributed by atoms with Crippen LogP contribution < -0.4 is 14.2 Å². The maximum atomic E-state index is 11.3. The SMILES string of the molecule is CCc1nccn1CCOc1cc(CN2CC[C@H](O)[C@@](O)(COc3cc(C)c(Cl)c(C)c3)C2)ccc1OC. The minimum Gasteiger partial charge on any atom is -0.493 e. The number of ether oxygens (including phenoxy) is 3. The van der Waals surface area contributed by atoms with Gasteiger partial charge in [-0.15, -0.1) is 0 Å². The molecule has 0 saturated carbocycles. The molecule has 0 amide bonds. The fraction of sp³-hybridized carbons (Fsp3) is 0.483. The van der Waals surface area contributed by atoms with Crippen molar-refractivity contribution in [1.82, 2.24) is 14.5 Å². The summed E-state index contributed by atoms with van der Waals surface area (Å²) < 4.78 is 19.6. The van der Waals surface area contributed by atoms with Crippen LogP contribution in [0, 0.1) is 13.8 Å². The number of methoxy groups -OCH3 is 1. The number of hydrogen-bond donors (Lipinski definition) is 2. The standard InChI is InChI=1S/C29H38ClN3O5/c1-5-27-31-9-11-33(27)12-13-37-25-16-22(6-7-24(25)36-4)17-32-10-8-26(34)29(35,18-32)19-38-23-14-20(2)28(30)21(3)15-23/h6-7,9,11,14-16,26,34-35H,5,8,10,12-13,17-19H2,1-4H3/t26-,29-/m0/s1. The average Bonchev–Trinajstić information content (AvgIpc) is 3.36. The van der Waals surface area contributed by atoms with Crippen molar-refractivity contribution in [1.29, 1.82) is 0 Å². The smallest absolute Gasteiger partial charge is 0.161 e. The van der Waals surface area contributed by atoms with E-state index in [0.29, 0.717) is 54.9 Å². The van der Waals surface area contributed by atoms with Crippen molar-refractivity contribution in [2.75, 3.05) is 33.4 Å². The Kier molecular flexibility index (Phi) is 9.20. The summed E-state index contributed by atoms with van der Waals surface area (Å²) in [4.78, 5) is 6.48. The van der Waals surface area contributed by atoms with Gasteiger partial charge in [-0.05, 0) is 61.2 Å². The maximum absolute atomic E-state index is 11.3. The molecule has 2 N–H and O–H groups in total. The highest BCUT2D eigenvalue weighted by molar-refractivity contribution is 6.32. The number of aliphatic hydroxyl groups excluding tert-OH is 1. The number of imidazole rings is 1. The van der Waals surface area contributed by atoms with Crippen LogP contribution in [-0.4, -0.2) is 69.8 Å². The summed E-state index contributed by atoms with van der Waals surface area (Å²) in [6, 6.07) is 9.57. The molecular weight excluding hydrogens is 506 g/mol. The van der Waals surface area contributed by atoms with E-state index in [1.54, 1.807) is 13.3 Å². The van der Waals surface area contributed by atoms with Crippen LogP contribution in [0.4, 0.5) is 0 Å². The second-order valence-electron chi connectivity index (χ2n) is 10.0. The summed E-state index contributed by atoms with van der Waals surface area (Å²) in [6.45, 7) is 8.61. The van der Waals surface area contributed by atoms with E-state index in [-0.39, 0.29) is 13.2 Å². The molecule has 1 fully saturated rings. The Morgan fingerprint density at radius 3 is 2.61 bits per heavy atom. The first-order valence-electron chi connectivity index (χ1n) is 13.0. The van der Waals surface area contributed by atoms with Crippen LogP contribution >= 0.6 is 11.6 Å². The molecule has 2 atom stereocenters. The van der Waals surface area contributed by atoms with Crippen LogP contribution in [0.5, 0.6) is 17.2 Å². The molecule has 0 spiro atoms. The number of aliphatic hydroxyl groups is 2. The summed E-state index contributed by atoms with van der Waals surface area (Å²) in [7, 11) is 1.63. The van der Waals surface area contributed by atoms with Crippen LogP contribution in [0.15, 0.2) is 42.7 Å². The average molecular weight is 544 g/mol. The molecule has 0 aliphatic carbocycles. The number of benzene rings is 2. The lowest BCUT2D eigenvalue weighted by atomic mass is 9.90. The molecule has 1 aromatic heterocycles. The number of β-amino-alcohol motifs (C(OH)–C–C–N with tert-alkyl or cyclic N) is 1. The van der Waals surface area contributed by atoms with Crippen LogP contribution in [0.25, 0.3) is 0 Å². The number of nitrogens with zero attached hydrogens (tertiary/aromatic N) is 3. The van der Waals surface area contributed by atoms with Crippen LogP contribution in [0.3, 0.4) is 0 Å². The summed E-state index contributed by atoms with van der Waals surface area (Å²) in [6.07, 6.45) is 4.20. The molecule has 206 valence electrons. The first kappa shape index (κ1) is 28.2. The summed E-state index contributed by atoms with van der Waals surface area (Å²) >= 11 is 6.27. The van der Waals surface area contributed by atoms with Gasteiger partial charge >= 0.3 is 0 Å². The maximum Gasteiger partial charge on any atom is 0.161 e. The van der Waals surface area contributed by atoms with E-state index in [1.165, 1.54) is 0 Å². The van der Waals surface area contributed by atoms with E-state index < -0.39 is 11.7 Å². The first-order valence-corrected chi connectivity index (χ1v) is 13.4. The Balaban J connectivity index is 1.39. The van der Waals surface area contributed by atoms with Gasteiger partial charge in [0.25, 0.3) is 0 Å². The lowest BCUT2D eigenvalue weighted by Crippen LogP contribution is -2.59. The molecule has 3 aromatic rings. The number of piperidine rings is 1. The molecule has 1 aliphatic heterocycles. The molecule has 9 heteroatoms. The minimum atomic E-state index is -1.40. The Morgan fingerprint density at radius 2 is 1.89 bits per heavy atom. The van der Waals surface area contributed by atoms with E-state index in [0.717, 1.165) is 28.9 Å². The molecule has 4 rings (SSSR count). The number of hydrogen-bond acceptors (Lipinski definition) is 7. The molecule has 1 aliphatic rings. The fourth-order valence-corrected chi connectivity index (χ4v) is 5.03. The van der Waals surface area contributed by atoms with Crippen molar-refractivity contribution >= 4 is 11.6 Å². The lowest BCUT2D eigenvalue weighted by Gasteiger charge is -2.42. The summed E-state index contributed by atoms with van der Waals surface area (Å²) in [5.41, 5.74) is 1.45. The second-order valence-corrected chi connectivity index (χ2v) is 10.4. The van der Waals surface area contributed by atoms with Crippen molar-refractivity contribution in [2.24, 2.45) is 0 Å². The van der Waals surface area contributed by atoms with E-state index >= 15 is 0 Å². The predicted molar refractivity (Wildman–Crippen MR) is 147 cm³/mol. The largest absolute Gasteiger partial charge is 0.493 e. The quantitative estimate of drug-likeness (QED) is 0.375. The third-order valence-electron chi connectivity index (χ3n) is 7.08. The number of likely N-dealkylation sites (tertiary alicyclic amines) is 1. The van der Waals surface area contributed by atoms with Crippen molar-refractivity contribution in [3.8, 4) is 17.2 Å². The molecule has 8 nitrogen and oxygen atoms in total. The Hall–Kier alpha value is -2.78. The predicted octanol–water partition coefficient (Wildman–Crippen LogP) is 4.18. The summed E-state index contributed by atoms with van der Waals surface area (Å²) in [5, 5.41) is 22.7. The van der Waals surface area contributed by atoms with Gasteiger partial charge in [-0.25, -0.2) is 4.98 Å². The van der Waals surface area contributed by atoms with Crippen molar-refractivity contribution in [3.05, 3.63) is 70.3 Å². The van der Waals surface area contributed by atoms with Gasteiger partial charge in [-0.1, -0.05) is 24.6 Å². The highest BCUT2D eigenvalue weighted by Crippen LogP contribution is 2.31. The Bertz CT molecular complexity index is 1210. The van der Waals surface area contributed by atoms with Crippen molar-refractivity contribution in [2.45, 2.75) is 58.4 Å². The molecule has 0 bridgehead atoms. The number of rotatable bonds is 11. The zero-order valence-electron chi connectivity index (χ0n) is 22.6. The van der Waals surface area contributed by atoms with Crippen LogP contribution in [0.1, 0.15) is 35.9 Å². The van der Waals surface area contributed by atoms with E-state index in [1.807, 2.05) is 50.4 Å². The Morgan fingerprint density at radius 1 is 1.13 bits per heavy atom. The second kappa shape index (κ2) is 12.4. The molecule has 0 unspecified atom stereocenters. The zero-order valence-corrected chi connectivity index (χ0v) is 23.4. The minimum absolute atomic E-state index is 0.0177. The molecule has 38 heavy (non-hydrogen) atoms. The molecule has 0 radical (unpaired) electrons. The van der Waals surface area contributed by atoms with Crippen molar-refractivity contribution in [3.63, 3.8) is 0 Å². The highest BCUT2D eigenvalue weighted by atomic mass is 35.5. The zero-order chi connectivity index (χ0) is 27.3. The highest BCUT2D eigenvalue weighted by Gasteiger charge is 2.42. The third-order valence-corrected chi connectivity index (χ3v) is 7.67. The normalized spacial score (nSPS) is 19.9. The number of aryl methyl sites for hydroxylation is 3. The number of aromatic nitrogens is 2. The molecule has 1 saturated heterocycles. The summed E-state index contributed by atoms with van der Waals surface area (Å²) in [5.74, 6) is 3.00. The Labute approximate surface area is 229 Å². The topological polar surface area (TPSA) is 89.2 Å². The van der Waals surface area contributed by atoms with E-state index in [2.05, 4.69) is 21.4 Å². The number of halogens is 1. The van der Waals surface area contributed by atoms with Gasteiger partial charge in [0.05, 0.1) is 19.8 Å². The monoisotopic (exact) mass is 543 g/mol. The third kappa shape index (κ3) is 6.61. The van der Waals surface area contributed by atoms with Gasteiger partial charge in [-0.2, -0.15) is 0 Å². The fourth-order valence-electron chi connectivity index (χ4n) is 4.92. The van der Waals surface area contributed by atoms with Crippen LogP contribution in [-0.2, 0) is 19.5 Å². The van der Waals surface area contributed by atoms with Gasteiger partial charge in [-0.3, -0.25) is 4.90 Å². The van der Waals surface area contributed by atoms with Gasteiger partial charge in [0.1, 0.15) is 30.4 Å².